The Bertz CT molecular complexity index is 701. The normalized spacial score (nSPS) is 17.7. The average Bonchev–Trinajstić information content (AvgIpc) is 3.11. The maximum absolute atomic E-state index is 12.6. The van der Waals surface area contributed by atoms with E-state index in [1.165, 1.54) is 6.42 Å². The molecule has 0 aromatic carbocycles. The molecule has 1 unspecified atom stereocenters. The second-order valence-corrected chi connectivity index (χ2v) is 7.08. The number of amides is 1. The molecule has 1 aliphatic heterocycles. The van der Waals surface area contributed by atoms with E-state index in [1.54, 1.807) is 6.20 Å². The van der Waals surface area contributed by atoms with E-state index in [1.807, 2.05) is 18.2 Å². The number of carbonyl (C=O) groups is 1. The van der Waals surface area contributed by atoms with Gasteiger partial charge in [-0.3, -0.25) is 9.78 Å². The van der Waals surface area contributed by atoms with Crippen LogP contribution in [0.5, 0.6) is 0 Å². The van der Waals surface area contributed by atoms with Gasteiger partial charge in [-0.05, 0) is 51.9 Å². The first-order valence-electron chi connectivity index (χ1n) is 9.31. The quantitative estimate of drug-likeness (QED) is 0.757. The lowest BCUT2D eigenvalue weighted by Gasteiger charge is -2.37. The fraction of sp³-hybridized carbons (Fsp3) is 0.579. The van der Waals surface area contributed by atoms with Gasteiger partial charge in [-0.25, -0.2) is 0 Å². The number of rotatable bonds is 7. The lowest BCUT2D eigenvalue weighted by molar-refractivity contribution is -0.135. The molecule has 0 N–H and O–H groups in total. The minimum atomic E-state index is 0.237. The van der Waals surface area contributed by atoms with Crippen molar-refractivity contribution in [2.24, 2.45) is 0 Å². The molecule has 3 heterocycles. The molecule has 26 heavy (non-hydrogen) atoms. The molecule has 2 aromatic heterocycles. The van der Waals surface area contributed by atoms with Gasteiger partial charge in [0.2, 0.25) is 17.6 Å². The van der Waals surface area contributed by atoms with Crippen LogP contribution < -0.4 is 0 Å². The summed E-state index contributed by atoms with van der Waals surface area (Å²) in [5, 5.41) is 3.97. The Kier molecular flexibility index (Phi) is 6.33. The van der Waals surface area contributed by atoms with Crippen molar-refractivity contribution in [2.75, 3.05) is 27.2 Å². The summed E-state index contributed by atoms with van der Waals surface area (Å²) in [4.78, 5) is 25.5. The van der Waals surface area contributed by atoms with Crippen molar-refractivity contribution in [1.29, 1.82) is 0 Å². The molecule has 1 amide bonds. The predicted octanol–water partition coefficient (Wildman–Crippen LogP) is 2.40. The third kappa shape index (κ3) is 4.88. The van der Waals surface area contributed by atoms with E-state index < -0.39 is 0 Å². The lowest BCUT2D eigenvalue weighted by atomic mass is 10.0. The van der Waals surface area contributed by atoms with Crippen LogP contribution in [0.15, 0.2) is 28.9 Å². The molecule has 0 spiro atoms. The summed E-state index contributed by atoms with van der Waals surface area (Å²) in [5.41, 5.74) is 0.693. The number of hydrogen-bond donors (Lipinski definition) is 0. The molecule has 140 valence electrons. The average molecular weight is 357 g/mol. The van der Waals surface area contributed by atoms with Crippen LogP contribution in [0.25, 0.3) is 11.5 Å². The van der Waals surface area contributed by atoms with Gasteiger partial charge in [0.1, 0.15) is 5.69 Å². The van der Waals surface area contributed by atoms with Gasteiger partial charge in [0.05, 0.1) is 0 Å². The Balaban J connectivity index is 1.49. The van der Waals surface area contributed by atoms with Gasteiger partial charge in [-0.2, -0.15) is 4.98 Å². The van der Waals surface area contributed by atoms with Gasteiger partial charge in [0.15, 0.2) is 0 Å². The third-order valence-electron chi connectivity index (χ3n) is 4.67. The summed E-state index contributed by atoms with van der Waals surface area (Å²) in [6.07, 6.45) is 6.96. The van der Waals surface area contributed by atoms with Gasteiger partial charge in [0.25, 0.3) is 0 Å². The number of likely N-dealkylation sites (N-methyl/N-ethyl adjacent to an activating group) is 1. The molecule has 3 rings (SSSR count). The SMILES string of the molecule is CN(C)CC1CCCCN1C(=O)CCCc1nc(-c2ccccn2)no1. The zero-order valence-electron chi connectivity index (χ0n) is 15.6. The van der Waals surface area contributed by atoms with Gasteiger partial charge in [0, 0.05) is 38.2 Å². The standard InChI is InChI=1S/C19H27N5O2/c1-23(2)14-15-8-4-6-13-24(15)18(25)11-7-10-17-21-19(22-26-17)16-9-3-5-12-20-16/h3,5,9,12,15H,4,6-8,10-11,13-14H2,1-2H3. The fourth-order valence-corrected chi connectivity index (χ4v) is 3.43. The Morgan fingerprint density at radius 2 is 2.23 bits per heavy atom. The number of hydrogen-bond acceptors (Lipinski definition) is 6. The molecule has 0 saturated carbocycles. The molecular weight excluding hydrogens is 330 g/mol. The van der Waals surface area contributed by atoms with Crippen LogP contribution in [0.3, 0.4) is 0 Å². The summed E-state index contributed by atoms with van der Waals surface area (Å²) >= 11 is 0. The van der Waals surface area contributed by atoms with Crippen molar-refractivity contribution in [3.05, 3.63) is 30.3 Å². The van der Waals surface area contributed by atoms with Crippen LogP contribution in [-0.2, 0) is 11.2 Å². The largest absolute Gasteiger partial charge is 0.339 e. The van der Waals surface area contributed by atoms with Crippen LogP contribution >= 0.6 is 0 Å². The van der Waals surface area contributed by atoms with E-state index in [4.69, 9.17) is 4.52 Å². The van der Waals surface area contributed by atoms with Crippen molar-refractivity contribution in [3.63, 3.8) is 0 Å². The van der Waals surface area contributed by atoms with E-state index in [9.17, 15) is 4.79 Å². The molecule has 7 heteroatoms. The highest BCUT2D eigenvalue weighted by Crippen LogP contribution is 2.19. The second kappa shape index (κ2) is 8.89. The molecule has 1 fully saturated rings. The van der Waals surface area contributed by atoms with Crippen molar-refractivity contribution in [1.82, 2.24) is 24.9 Å². The number of likely N-dealkylation sites (tertiary alicyclic amines) is 1. The van der Waals surface area contributed by atoms with E-state index in [0.29, 0.717) is 42.7 Å². The number of pyridine rings is 1. The van der Waals surface area contributed by atoms with E-state index in [2.05, 4.69) is 39.0 Å². The van der Waals surface area contributed by atoms with Gasteiger partial charge in [-0.1, -0.05) is 11.2 Å². The lowest BCUT2D eigenvalue weighted by Crippen LogP contribution is -2.48. The molecule has 0 bridgehead atoms. The predicted molar refractivity (Wildman–Crippen MR) is 98.4 cm³/mol. The summed E-state index contributed by atoms with van der Waals surface area (Å²) in [5.74, 6) is 1.29. The number of nitrogens with zero attached hydrogens (tertiary/aromatic N) is 5. The minimum absolute atomic E-state index is 0.237. The summed E-state index contributed by atoms with van der Waals surface area (Å²) < 4.78 is 5.29. The van der Waals surface area contributed by atoms with E-state index in [0.717, 1.165) is 25.9 Å². The number of aromatic nitrogens is 3. The minimum Gasteiger partial charge on any atom is -0.339 e. The van der Waals surface area contributed by atoms with Crippen LogP contribution in [0.2, 0.25) is 0 Å². The smallest absolute Gasteiger partial charge is 0.227 e. The van der Waals surface area contributed by atoms with Gasteiger partial charge in [-0.15, -0.1) is 0 Å². The third-order valence-corrected chi connectivity index (χ3v) is 4.67. The summed E-state index contributed by atoms with van der Waals surface area (Å²) in [6, 6.07) is 5.92. The number of aryl methyl sites for hydroxylation is 1. The summed E-state index contributed by atoms with van der Waals surface area (Å²) in [7, 11) is 4.12. The zero-order valence-corrected chi connectivity index (χ0v) is 15.6. The highest BCUT2D eigenvalue weighted by atomic mass is 16.5. The number of piperidine rings is 1. The highest BCUT2D eigenvalue weighted by molar-refractivity contribution is 5.76. The maximum Gasteiger partial charge on any atom is 0.227 e. The first kappa shape index (κ1) is 18.5. The number of carbonyl (C=O) groups excluding carboxylic acids is 1. The van der Waals surface area contributed by atoms with Crippen molar-refractivity contribution < 1.29 is 9.32 Å². The van der Waals surface area contributed by atoms with Gasteiger partial charge >= 0.3 is 0 Å². The maximum atomic E-state index is 12.6. The molecule has 1 atom stereocenters. The Labute approximate surface area is 154 Å². The first-order chi connectivity index (χ1) is 12.6. The molecule has 0 radical (unpaired) electrons. The topological polar surface area (TPSA) is 75.4 Å². The van der Waals surface area contributed by atoms with Crippen LogP contribution in [0.4, 0.5) is 0 Å². The van der Waals surface area contributed by atoms with E-state index in [-0.39, 0.29) is 5.91 Å². The molecular formula is C19H27N5O2. The monoisotopic (exact) mass is 357 g/mol. The second-order valence-electron chi connectivity index (χ2n) is 7.08. The highest BCUT2D eigenvalue weighted by Gasteiger charge is 2.26. The van der Waals surface area contributed by atoms with Crippen molar-refractivity contribution in [2.45, 2.75) is 44.6 Å². The van der Waals surface area contributed by atoms with Crippen LogP contribution in [-0.4, -0.2) is 64.1 Å². The molecule has 1 aliphatic rings. The Morgan fingerprint density at radius 1 is 1.35 bits per heavy atom. The van der Waals surface area contributed by atoms with E-state index >= 15 is 0 Å². The first-order valence-corrected chi connectivity index (χ1v) is 9.31. The van der Waals surface area contributed by atoms with Gasteiger partial charge < -0.3 is 14.3 Å². The van der Waals surface area contributed by atoms with Crippen molar-refractivity contribution in [3.8, 4) is 11.5 Å². The molecule has 7 nitrogen and oxygen atoms in total. The van der Waals surface area contributed by atoms with Crippen LogP contribution in [0.1, 0.15) is 38.0 Å². The Hall–Kier alpha value is -2.28. The van der Waals surface area contributed by atoms with Crippen molar-refractivity contribution >= 4 is 5.91 Å². The molecule has 1 saturated heterocycles. The Morgan fingerprint density at radius 3 is 3.00 bits per heavy atom. The summed E-state index contributed by atoms with van der Waals surface area (Å²) in [6.45, 7) is 1.81. The molecule has 0 aliphatic carbocycles. The molecule has 2 aromatic rings. The van der Waals surface area contributed by atoms with Crippen LogP contribution in [0, 0.1) is 0 Å². The zero-order chi connectivity index (χ0) is 18.4. The fourth-order valence-electron chi connectivity index (χ4n) is 3.43.